The smallest absolute Gasteiger partial charge is 0.0356 e. The van der Waals surface area contributed by atoms with Crippen LogP contribution in [0.1, 0.15) is 59.7 Å². The highest BCUT2D eigenvalue weighted by atomic mass is 14.9. The molecule has 1 saturated carbocycles. The van der Waals surface area contributed by atoms with Crippen molar-refractivity contribution in [1.29, 1.82) is 0 Å². The third-order valence-corrected chi connectivity index (χ3v) is 5.39. The molecule has 1 aliphatic carbocycles. The predicted molar refractivity (Wildman–Crippen MR) is 83.8 cm³/mol. The number of benzene rings is 1. The summed E-state index contributed by atoms with van der Waals surface area (Å²) in [4.78, 5) is 0. The van der Waals surface area contributed by atoms with Crippen molar-refractivity contribution in [2.75, 3.05) is 6.54 Å². The van der Waals surface area contributed by atoms with Crippen LogP contribution in [0.4, 0.5) is 0 Å². The Morgan fingerprint density at radius 3 is 1.74 bits per heavy atom. The minimum absolute atomic E-state index is 0.554. The molecule has 0 heterocycles. The maximum Gasteiger partial charge on any atom is 0.0356 e. The van der Waals surface area contributed by atoms with Crippen molar-refractivity contribution in [3.63, 3.8) is 0 Å². The van der Waals surface area contributed by atoms with Gasteiger partial charge in [-0.2, -0.15) is 0 Å². The van der Waals surface area contributed by atoms with Gasteiger partial charge in [0.2, 0.25) is 0 Å². The zero-order valence-corrected chi connectivity index (χ0v) is 13.6. The Labute approximate surface area is 118 Å². The van der Waals surface area contributed by atoms with Crippen LogP contribution in [0, 0.1) is 46.5 Å². The zero-order valence-electron chi connectivity index (χ0n) is 13.6. The lowest BCUT2D eigenvalue weighted by atomic mass is 9.84. The van der Waals surface area contributed by atoms with E-state index < -0.39 is 0 Å². The minimum atomic E-state index is 0.554. The first kappa shape index (κ1) is 14.6. The van der Waals surface area contributed by atoms with Gasteiger partial charge in [0.25, 0.3) is 0 Å². The molecule has 3 atom stereocenters. The summed E-state index contributed by atoms with van der Waals surface area (Å²) in [7, 11) is 0. The Bertz CT molecular complexity index is 458. The van der Waals surface area contributed by atoms with Crippen molar-refractivity contribution < 1.29 is 0 Å². The number of rotatable bonds is 4. The second kappa shape index (κ2) is 5.28. The molecule has 1 aliphatic rings. The van der Waals surface area contributed by atoms with Crippen molar-refractivity contribution in [1.82, 2.24) is 5.32 Å². The van der Waals surface area contributed by atoms with E-state index in [0.29, 0.717) is 6.04 Å². The van der Waals surface area contributed by atoms with Crippen molar-refractivity contribution in [2.45, 2.75) is 60.9 Å². The van der Waals surface area contributed by atoms with Crippen LogP contribution >= 0.6 is 0 Å². The predicted octanol–water partition coefficient (Wildman–Crippen LogP) is 4.54. The molecule has 19 heavy (non-hydrogen) atoms. The molecule has 1 fully saturated rings. The van der Waals surface area contributed by atoms with E-state index >= 15 is 0 Å². The first-order chi connectivity index (χ1) is 8.90. The van der Waals surface area contributed by atoms with Crippen molar-refractivity contribution in [3.05, 3.63) is 33.4 Å². The molecule has 0 saturated heterocycles. The fourth-order valence-corrected chi connectivity index (χ4v) is 3.50. The molecule has 3 unspecified atom stereocenters. The SMILES string of the molecule is CCNC(c1c(C)c(C)c(C)c(C)c1C)C1CC1C. The summed E-state index contributed by atoms with van der Waals surface area (Å²) in [5, 5.41) is 3.75. The molecule has 0 bridgehead atoms. The monoisotopic (exact) mass is 259 g/mol. The number of nitrogens with one attached hydrogen (secondary N) is 1. The summed E-state index contributed by atoms with van der Waals surface area (Å²) in [6, 6.07) is 0.554. The van der Waals surface area contributed by atoms with Gasteiger partial charge in [-0.25, -0.2) is 0 Å². The van der Waals surface area contributed by atoms with E-state index in [2.05, 4.69) is 53.8 Å². The van der Waals surface area contributed by atoms with Crippen molar-refractivity contribution in [2.24, 2.45) is 11.8 Å². The fourth-order valence-electron chi connectivity index (χ4n) is 3.50. The quantitative estimate of drug-likeness (QED) is 0.837. The van der Waals surface area contributed by atoms with E-state index in [-0.39, 0.29) is 0 Å². The molecule has 0 aliphatic heterocycles. The van der Waals surface area contributed by atoms with Crippen LogP contribution in [-0.2, 0) is 0 Å². The van der Waals surface area contributed by atoms with Gasteiger partial charge in [-0.05, 0) is 92.8 Å². The van der Waals surface area contributed by atoms with Gasteiger partial charge in [-0.1, -0.05) is 13.8 Å². The summed E-state index contributed by atoms with van der Waals surface area (Å²) in [5.41, 5.74) is 9.02. The molecule has 0 radical (unpaired) electrons. The van der Waals surface area contributed by atoms with Gasteiger partial charge in [0.05, 0.1) is 0 Å². The number of hydrogen-bond donors (Lipinski definition) is 1. The third-order valence-electron chi connectivity index (χ3n) is 5.39. The molecule has 0 spiro atoms. The van der Waals surface area contributed by atoms with Gasteiger partial charge in [-0.15, -0.1) is 0 Å². The highest BCUT2D eigenvalue weighted by molar-refractivity contribution is 5.51. The maximum atomic E-state index is 3.75. The molecule has 0 aromatic heterocycles. The summed E-state index contributed by atoms with van der Waals surface area (Å²) in [6.07, 6.45) is 1.38. The first-order valence-electron chi connectivity index (χ1n) is 7.70. The summed E-state index contributed by atoms with van der Waals surface area (Å²) in [6.45, 7) is 17.1. The van der Waals surface area contributed by atoms with E-state index in [4.69, 9.17) is 0 Å². The molecule has 0 amide bonds. The number of hydrogen-bond acceptors (Lipinski definition) is 1. The van der Waals surface area contributed by atoms with Crippen LogP contribution in [-0.4, -0.2) is 6.54 Å². The van der Waals surface area contributed by atoms with E-state index in [0.717, 1.165) is 18.4 Å². The van der Waals surface area contributed by atoms with Crippen LogP contribution in [0.3, 0.4) is 0 Å². The van der Waals surface area contributed by atoms with Crippen molar-refractivity contribution >= 4 is 0 Å². The fraction of sp³-hybridized carbons (Fsp3) is 0.667. The summed E-state index contributed by atoms with van der Waals surface area (Å²) < 4.78 is 0. The van der Waals surface area contributed by atoms with Gasteiger partial charge in [0.1, 0.15) is 0 Å². The van der Waals surface area contributed by atoms with Crippen molar-refractivity contribution in [3.8, 4) is 0 Å². The highest BCUT2D eigenvalue weighted by Gasteiger charge is 2.41. The molecular weight excluding hydrogens is 230 g/mol. The van der Waals surface area contributed by atoms with E-state index in [1.807, 2.05) is 0 Å². The van der Waals surface area contributed by atoms with Gasteiger partial charge >= 0.3 is 0 Å². The summed E-state index contributed by atoms with van der Waals surface area (Å²) in [5.74, 6) is 1.71. The standard InChI is InChI=1S/C18H29N/c1-8-19-18(16-9-10(16)2)17-14(6)12(4)11(3)13(5)15(17)7/h10,16,18-19H,8-9H2,1-7H3. The topological polar surface area (TPSA) is 12.0 Å². The van der Waals surface area contributed by atoms with E-state index in [1.165, 1.54) is 34.2 Å². The highest BCUT2D eigenvalue weighted by Crippen LogP contribution is 2.49. The molecule has 106 valence electrons. The van der Waals surface area contributed by atoms with Crippen LogP contribution in [0.5, 0.6) is 0 Å². The van der Waals surface area contributed by atoms with E-state index in [9.17, 15) is 0 Å². The van der Waals surface area contributed by atoms with E-state index in [1.54, 1.807) is 5.56 Å². The average molecular weight is 259 g/mol. The Hall–Kier alpha value is -0.820. The normalized spacial score (nSPS) is 23.5. The van der Waals surface area contributed by atoms with Gasteiger partial charge < -0.3 is 5.32 Å². The first-order valence-corrected chi connectivity index (χ1v) is 7.70. The molecule has 1 nitrogen and oxygen atoms in total. The van der Waals surface area contributed by atoms with Crippen LogP contribution in [0.15, 0.2) is 0 Å². The second-order valence-electron chi connectivity index (χ2n) is 6.45. The average Bonchev–Trinajstić information content (AvgIpc) is 3.10. The largest absolute Gasteiger partial charge is 0.310 e. The second-order valence-corrected chi connectivity index (χ2v) is 6.45. The maximum absolute atomic E-state index is 3.75. The Balaban J connectivity index is 2.53. The molecule has 1 heteroatoms. The lowest BCUT2D eigenvalue weighted by Crippen LogP contribution is -2.25. The lowest BCUT2D eigenvalue weighted by molar-refractivity contribution is 0.471. The van der Waals surface area contributed by atoms with Gasteiger partial charge in [-0.3, -0.25) is 0 Å². The Kier molecular flexibility index (Phi) is 4.06. The molecule has 1 aromatic rings. The van der Waals surface area contributed by atoms with Crippen LogP contribution in [0.25, 0.3) is 0 Å². The van der Waals surface area contributed by atoms with Gasteiger partial charge in [0, 0.05) is 6.04 Å². The van der Waals surface area contributed by atoms with Crippen LogP contribution in [0.2, 0.25) is 0 Å². The zero-order chi connectivity index (χ0) is 14.3. The molecule has 1 N–H and O–H groups in total. The Morgan fingerprint density at radius 1 is 0.947 bits per heavy atom. The molecule has 1 aromatic carbocycles. The summed E-state index contributed by atoms with van der Waals surface area (Å²) >= 11 is 0. The van der Waals surface area contributed by atoms with Gasteiger partial charge in [0.15, 0.2) is 0 Å². The molecular formula is C18H29N. The lowest BCUT2D eigenvalue weighted by Gasteiger charge is -2.26. The minimum Gasteiger partial charge on any atom is -0.310 e. The molecule has 2 rings (SSSR count). The third kappa shape index (κ3) is 2.45. The van der Waals surface area contributed by atoms with Crippen LogP contribution < -0.4 is 5.32 Å². The Morgan fingerprint density at radius 2 is 1.37 bits per heavy atom.